The Bertz CT molecular complexity index is 653. The van der Waals surface area contributed by atoms with Crippen LogP contribution in [0.25, 0.3) is 11.1 Å². The van der Waals surface area contributed by atoms with Crippen molar-refractivity contribution in [2.45, 2.75) is 6.92 Å². The first-order valence-electron chi connectivity index (χ1n) is 5.63. The lowest BCUT2D eigenvalue weighted by molar-refractivity contribution is 0.355. The van der Waals surface area contributed by atoms with Gasteiger partial charge in [0.25, 0.3) is 0 Å². The SMILES string of the molecule is COc1ccc(-c2c(C)oc(N)c2C#N)cc1OC. The van der Waals surface area contributed by atoms with Gasteiger partial charge in [-0.15, -0.1) is 0 Å². The summed E-state index contributed by atoms with van der Waals surface area (Å²) >= 11 is 0. The van der Waals surface area contributed by atoms with Crippen molar-refractivity contribution in [1.29, 1.82) is 5.26 Å². The largest absolute Gasteiger partial charge is 0.493 e. The molecule has 0 bridgehead atoms. The third-order valence-electron chi connectivity index (χ3n) is 2.90. The highest BCUT2D eigenvalue weighted by molar-refractivity contribution is 5.78. The van der Waals surface area contributed by atoms with Gasteiger partial charge < -0.3 is 19.6 Å². The van der Waals surface area contributed by atoms with Crippen molar-refractivity contribution in [1.82, 2.24) is 0 Å². The van der Waals surface area contributed by atoms with Crippen LogP contribution in [-0.2, 0) is 0 Å². The van der Waals surface area contributed by atoms with Crippen LogP contribution in [0.1, 0.15) is 11.3 Å². The number of furan rings is 1. The molecular formula is C14H14N2O3. The normalized spacial score (nSPS) is 10.0. The summed E-state index contributed by atoms with van der Waals surface area (Å²) in [5.41, 5.74) is 7.49. The average Bonchev–Trinajstić information content (AvgIpc) is 2.71. The number of anilines is 1. The van der Waals surface area contributed by atoms with E-state index in [-0.39, 0.29) is 5.88 Å². The van der Waals surface area contributed by atoms with E-state index in [0.717, 1.165) is 5.56 Å². The number of nitrogens with zero attached hydrogens (tertiary/aromatic N) is 1. The summed E-state index contributed by atoms with van der Waals surface area (Å²) in [7, 11) is 3.13. The molecule has 0 aliphatic carbocycles. The fourth-order valence-corrected chi connectivity index (χ4v) is 2.02. The molecule has 98 valence electrons. The van der Waals surface area contributed by atoms with E-state index in [2.05, 4.69) is 6.07 Å². The van der Waals surface area contributed by atoms with Crippen LogP contribution in [0, 0.1) is 18.3 Å². The number of methoxy groups -OCH3 is 2. The quantitative estimate of drug-likeness (QED) is 0.915. The molecule has 1 aromatic carbocycles. The monoisotopic (exact) mass is 258 g/mol. The Morgan fingerprint density at radius 2 is 1.89 bits per heavy atom. The number of rotatable bonds is 3. The molecule has 2 N–H and O–H groups in total. The van der Waals surface area contributed by atoms with Crippen molar-refractivity contribution >= 4 is 5.88 Å². The van der Waals surface area contributed by atoms with E-state index in [9.17, 15) is 0 Å². The van der Waals surface area contributed by atoms with Crippen LogP contribution < -0.4 is 15.2 Å². The second-order valence-corrected chi connectivity index (χ2v) is 3.95. The molecule has 0 amide bonds. The van der Waals surface area contributed by atoms with Gasteiger partial charge in [-0.05, 0) is 24.6 Å². The highest BCUT2D eigenvalue weighted by atomic mass is 16.5. The van der Waals surface area contributed by atoms with Crippen molar-refractivity contribution in [3.8, 4) is 28.7 Å². The van der Waals surface area contributed by atoms with E-state index in [4.69, 9.17) is 24.9 Å². The predicted octanol–water partition coefficient (Wildman–Crippen LogP) is 2.73. The van der Waals surface area contributed by atoms with Crippen LogP contribution in [-0.4, -0.2) is 14.2 Å². The van der Waals surface area contributed by atoms with E-state index in [1.54, 1.807) is 33.3 Å². The van der Waals surface area contributed by atoms with E-state index in [1.807, 2.05) is 6.07 Å². The fraction of sp³-hybridized carbons (Fsp3) is 0.214. The minimum absolute atomic E-state index is 0.129. The van der Waals surface area contributed by atoms with Gasteiger partial charge in [0, 0.05) is 5.56 Å². The number of hydrogen-bond donors (Lipinski definition) is 1. The van der Waals surface area contributed by atoms with Gasteiger partial charge in [-0.25, -0.2) is 0 Å². The molecule has 2 aromatic rings. The zero-order valence-electron chi connectivity index (χ0n) is 11.0. The summed E-state index contributed by atoms with van der Waals surface area (Å²) in [5, 5.41) is 9.16. The van der Waals surface area contributed by atoms with Crippen molar-refractivity contribution in [3.63, 3.8) is 0 Å². The molecule has 19 heavy (non-hydrogen) atoms. The maximum atomic E-state index is 9.16. The summed E-state index contributed by atoms with van der Waals surface area (Å²) in [4.78, 5) is 0. The Labute approximate surface area is 111 Å². The summed E-state index contributed by atoms with van der Waals surface area (Å²) in [6.07, 6.45) is 0. The molecule has 1 heterocycles. The van der Waals surface area contributed by atoms with Gasteiger partial charge in [-0.2, -0.15) is 5.26 Å². The van der Waals surface area contributed by atoms with Crippen LogP contribution in [0.3, 0.4) is 0 Å². The Hall–Kier alpha value is -2.61. The van der Waals surface area contributed by atoms with Crippen LogP contribution in [0.5, 0.6) is 11.5 Å². The third kappa shape index (κ3) is 2.08. The Morgan fingerprint density at radius 3 is 2.47 bits per heavy atom. The number of ether oxygens (including phenoxy) is 2. The molecule has 0 radical (unpaired) electrons. The molecule has 0 aliphatic heterocycles. The molecule has 0 aliphatic rings. The van der Waals surface area contributed by atoms with Crippen molar-refractivity contribution in [2.24, 2.45) is 0 Å². The lowest BCUT2D eigenvalue weighted by Gasteiger charge is -2.09. The first-order valence-corrected chi connectivity index (χ1v) is 5.63. The van der Waals surface area contributed by atoms with Gasteiger partial charge in [0.2, 0.25) is 5.88 Å². The Balaban J connectivity index is 2.63. The van der Waals surface area contributed by atoms with E-state index >= 15 is 0 Å². The second-order valence-electron chi connectivity index (χ2n) is 3.95. The van der Waals surface area contributed by atoms with Gasteiger partial charge in [0.15, 0.2) is 11.5 Å². The Kier molecular flexibility index (Phi) is 3.34. The summed E-state index contributed by atoms with van der Waals surface area (Å²) in [6, 6.07) is 7.46. The van der Waals surface area contributed by atoms with E-state index < -0.39 is 0 Å². The molecule has 0 spiro atoms. The van der Waals surface area contributed by atoms with E-state index in [0.29, 0.717) is 28.4 Å². The van der Waals surface area contributed by atoms with Crippen LogP contribution in [0.4, 0.5) is 5.88 Å². The molecule has 0 saturated heterocycles. The minimum Gasteiger partial charge on any atom is -0.493 e. The molecule has 2 rings (SSSR count). The number of nitrogen functional groups attached to an aromatic ring is 1. The van der Waals surface area contributed by atoms with Crippen LogP contribution in [0.2, 0.25) is 0 Å². The molecule has 5 heteroatoms. The molecular weight excluding hydrogens is 244 g/mol. The Morgan fingerprint density at radius 1 is 1.21 bits per heavy atom. The van der Waals surface area contributed by atoms with Gasteiger partial charge in [0.05, 0.1) is 14.2 Å². The third-order valence-corrected chi connectivity index (χ3v) is 2.90. The number of nitrogens with two attached hydrogens (primary N) is 1. The molecule has 1 aromatic heterocycles. The number of hydrogen-bond acceptors (Lipinski definition) is 5. The topological polar surface area (TPSA) is 81.4 Å². The maximum absolute atomic E-state index is 9.16. The van der Waals surface area contributed by atoms with Crippen LogP contribution in [0.15, 0.2) is 22.6 Å². The number of benzene rings is 1. The molecule has 0 saturated carbocycles. The standard InChI is InChI=1S/C14H14N2O3/c1-8-13(10(7-15)14(16)19-8)9-4-5-11(17-2)12(6-9)18-3/h4-6H,16H2,1-3H3. The molecule has 0 unspecified atom stereocenters. The number of nitriles is 1. The molecule has 0 fully saturated rings. The van der Waals surface area contributed by atoms with E-state index in [1.165, 1.54) is 0 Å². The zero-order valence-corrected chi connectivity index (χ0v) is 11.0. The summed E-state index contributed by atoms with van der Waals surface area (Å²) < 4.78 is 15.7. The average molecular weight is 258 g/mol. The summed E-state index contributed by atoms with van der Waals surface area (Å²) in [6.45, 7) is 1.77. The van der Waals surface area contributed by atoms with Gasteiger partial charge in [0.1, 0.15) is 17.4 Å². The maximum Gasteiger partial charge on any atom is 0.209 e. The molecule has 0 atom stereocenters. The van der Waals surface area contributed by atoms with Crippen molar-refractivity contribution in [2.75, 3.05) is 20.0 Å². The van der Waals surface area contributed by atoms with Gasteiger partial charge in [-0.1, -0.05) is 6.07 Å². The summed E-state index contributed by atoms with van der Waals surface area (Å²) in [5.74, 6) is 1.94. The van der Waals surface area contributed by atoms with Crippen molar-refractivity contribution in [3.05, 3.63) is 29.5 Å². The van der Waals surface area contributed by atoms with Gasteiger partial charge >= 0.3 is 0 Å². The zero-order chi connectivity index (χ0) is 14.0. The highest BCUT2D eigenvalue weighted by Gasteiger charge is 2.18. The van der Waals surface area contributed by atoms with Crippen molar-refractivity contribution < 1.29 is 13.9 Å². The lowest BCUT2D eigenvalue weighted by atomic mass is 10.0. The fourth-order valence-electron chi connectivity index (χ4n) is 2.02. The minimum atomic E-state index is 0.129. The molecule has 5 nitrogen and oxygen atoms in total. The van der Waals surface area contributed by atoms with Gasteiger partial charge in [-0.3, -0.25) is 0 Å². The second kappa shape index (κ2) is 4.94. The predicted molar refractivity (Wildman–Crippen MR) is 71.1 cm³/mol. The highest BCUT2D eigenvalue weighted by Crippen LogP contribution is 2.37. The lowest BCUT2D eigenvalue weighted by Crippen LogP contribution is -1.92. The van der Waals surface area contributed by atoms with Crippen LogP contribution >= 0.6 is 0 Å². The number of aryl methyl sites for hydroxylation is 1. The first kappa shape index (κ1) is 12.8. The smallest absolute Gasteiger partial charge is 0.209 e. The first-order chi connectivity index (χ1) is 9.12.